The van der Waals surface area contributed by atoms with Gasteiger partial charge in [-0.3, -0.25) is 14.4 Å². The van der Waals surface area contributed by atoms with Gasteiger partial charge in [-0.15, -0.1) is 11.3 Å². The van der Waals surface area contributed by atoms with Gasteiger partial charge in [-0.1, -0.05) is 29.5 Å². The van der Waals surface area contributed by atoms with Crippen LogP contribution in [0.5, 0.6) is 0 Å². The van der Waals surface area contributed by atoms with E-state index in [9.17, 15) is 13.2 Å². The molecular weight excluding hydrogens is 488 g/mol. The molecule has 5 aromatic rings. The molecule has 1 aliphatic rings. The largest absolute Gasteiger partial charge is 0.298 e. The number of nitrogens with one attached hydrogen (secondary N) is 1. The van der Waals surface area contributed by atoms with Crippen molar-refractivity contribution in [3.05, 3.63) is 76.8 Å². The van der Waals surface area contributed by atoms with Gasteiger partial charge in [-0.05, 0) is 61.4 Å². The number of sulfonamides is 1. The monoisotopic (exact) mass is 506 g/mol. The van der Waals surface area contributed by atoms with Gasteiger partial charge in [0.15, 0.2) is 5.13 Å². The fourth-order valence-electron chi connectivity index (χ4n) is 4.17. The van der Waals surface area contributed by atoms with Crippen LogP contribution in [-0.2, 0) is 16.4 Å². The Morgan fingerprint density at radius 1 is 1.00 bits per heavy atom. The molecule has 3 aromatic carbocycles. The van der Waals surface area contributed by atoms with Gasteiger partial charge in [0.25, 0.3) is 15.9 Å². The Morgan fingerprint density at radius 3 is 2.62 bits per heavy atom. The van der Waals surface area contributed by atoms with Crippen LogP contribution in [0.15, 0.2) is 65.6 Å². The fourth-order valence-corrected chi connectivity index (χ4v) is 7.53. The molecule has 0 radical (unpaired) electrons. The lowest BCUT2D eigenvalue weighted by atomic mass is 10.2. The van der Waals surface area contributed by atoms with Crippen LogP contribution in [0.25, 0.3) is 20.4 Å². The van der Waals surface area contributed by atoms with E-state index in [0.717, 1.165) is 31.0 Å². The van der Waals surface area contributed by atoms with Crippen molar-refractivity contribution < 1.29 is 13.2 Å². The number of thiazole rings is 2. The number of benzene rings is 3. The zero-order valence-electron chi connectivity index (χ0n) is 18.0. The summed E-state index contributed by atoms with van der Waals surface area (Å²) in [7, 11) is -3.70. The Kier molecular flexibility index (Phi) is 4.91. The first-order valence-corrected chi connectivity index (χ1v) is 13.7. The van der Waals surface area contributed by atoms with Crippen LogP contribution in [0.3, 0.4) is 0 Å². The summed E-state index contributed by atoms with van der Waals surface area (Å²) in [5.74, 6) is -0.347. The Balaban J connectivity index is 1.24. The minimum Gasteiger partial charge on any atom is -0.298 e. The van der Waals surface area contributed by atoms with Crippen LogP contribution in [0.2, 0.25) is 0 Å². The molecule has 1 aliphatic heterocycles. The first-order chi connectivity index (χ1) is 16.4. The Labute approximate surface area is 203 Å². The summed E-state index contributed by atoms with van der Waals surface area (Å²) < 4.78 is 29.8. The normalized spacial score (nSPS) is 13.5. The molecular formula is C24H18N4O3S3. The predicted octanol–water partition coefficient (Wildman–Crippen LogP) is 5.22. The second kappa shape index (κ2) is 7.86. The summed E-state index contributed by atoms with van der Waals surface area (Å²) in [6.07, 6.45) is 0.685. The van der Waals surface area contributed by atoms with Gasteiger partial charge < -0.3 is 0 Å². The number of rotatable bonds is 4. The quantitative estimate of drug-likeness (QED) is 0.361. The summed E-state index contributed by atoms with van der Waals surface area (Å²) in [5.41, 5.74) is 3.77. The molecule has 6 rings (SSSR count). The third-order valence-corrected chi connectivity index (χ3v) is 9.55. The van der Waals surface area contributed by atoms with Crippen molar-refractivity contribution in [2.24, 2.45) is 0 Å². The molecule has 7 nitrogen and oxygen atoms in total. The molecule has 0 saturated heterocycles. The second-order valence-electron chi connectivity index (χ2n) is 7.95. The molecule has 0 bridgehead atoms. The topological polar surface area (TPSA) is 92.3 Å². The van der Waals surface area contributed by atoms with Crippen molar-refractivity contribution >= 4 is 69.9 Å². The van der Waals surface area contributed by atoms with E-state index in [4.69, 9.17) is 0 Å². The summed E-state index contributed by atoms with van der Waals surface area (Å²) in [6, 6.07) is 17.4. The summed E-state index contributed by atoms with van der Waals surface area (Å²) in [6.45, 7) is 2.37. The first kappa shape index (κ1) is 21.2. The fraction of sp³-hybridized carbons (Fsp3) is 0.125. The Hall–Kier alpha value is -3.34. The van der Waals surface area contributed by atoms with Crippen molar-refractivity contribution in [1.82, 2.24) is 9.97 Å². The third kappa shape index (κ3) is 3.46. The van der Waals surface area contributed by atoms with Crippen LogP contribution >= 0.6 is 22.7 Å². The second-order valence-corrected chi connectivity index (χ2v) is 12.0. The minimum absolute atomic E-state index is 0.155. The first-order valence-electron chi connectivity index (χ1n) is 10.6. The van der Waals surface area contributed by atoms with Crippen molar-refractivity contribution in [2.45, 2.75) is 18.2 Å². The number of hydrogen-bond donors (Lipinski definition) is 1. The molecule has 0 unspecified atom stereocenters. The van der Waals surface area contributed by atoms with Gasteiger partial charge in [-0.2, -0.15) is 0 Å². The molecule has 0 atom stereocenters. The number of aryl methyl sites for hydroxylation is 1. The van der Waals surface area contributed by atoms with Crippen LogP contribution in [0.1, 0.15) is 20.9 Å². The number of aromatic nitrogens is 2. The molecule has 10 heteroatoms. The predicted molar refractivity (Wildman–Crippen MR) is 137 cm³/mol. The van der Waals surface area contributed by atoms with E-state index < -0.39 is 10.0 Å². The molecule has 0 fully saturated rings. The van der Waals surface area contributed by atoms with Gasteiger partial charge in [0.1, 0.15) is 5.52 Å². The molecule has 3 heterocycles. The van der Waals surface area contributed by atoms with Crippen LogP contribution < -0.4 is 9.62 Å². The van der Waals surface area contributed by atoms with Gasteiger partial charge in [0.05, 0.1) is 30.5 Å². The van der Waals surface area contributed by atoms with Crippen molar-refractivity contribution in [2.75, 3.05) is 16.2 Å². The zero-order chi connectivity index (χ0) is 23.4. The molecule has 0 spiro atoms. The highest BCUT2D eigenvalue weighted by Gasteiger charge is 2.30. The number of nitrogens with zero attached hydrogens (tertiary/aromatic N) is 3. The lowest BCUT2D eigenvalue weighted by Crippen LogP contribution is -2.29. The number of amides is 1. The molecule has 0 saturated carbocycles. The highest BCUT2D eigenvalue weighted by Crippen LogP contribution is 2.35. The average molecular weight is 507 g/mol. The minimum atomic E-state index is -3.70. The Morgan fingerprint density at radius 2 is 1.79 bits per heavy atom. The summed E-state index contributed by atoms with van der Waals surface area (Å²) in [4.78, 5) is 22.1. The highest BCUT2D eigenvalue weighted by molar-refractivity contribution is 7.92. The number of carbonyl (C=O) groups excluding carboxylic acids is 1. The number of fused-ring (bicyclic) bond motifs is 4. The maximum absolute atomic E-state index is 13.2. The van der Waals surface area contributed by atoms with E-state index in [1.165, 1.54) is 39.9 Å². The van der Waals surface area contributed by atoms with E-state index in [-0.39, 0.29) is 10.8 Å². The average Bonchev–Trinajstić information content (AvgIpc) is 3.54. The van der Waals surface area contributed by atoms with E-state index in [1.807, 2.05) is 43.3 Å². The van der Waals surface area contributed by atoms with E-state index in [2.05, 4.69) is 15.3 Å². The smallest absolute Gasteiger partial charge is 0.264 e. The van der Waals surface area contributed by atoms with Gasteiger partial charge in [0.2, 0.25) is 0 Å². The zero-order valence-corrected chi connectivity index (χ0v) is 20.4. The summed E-state index contributed by atoms with van der Waals surface area (Å²) in [5, 5.41) is 4.29. The lowest BCUT2D eigenvalue weighted by molar-refractivity contribution is 0.102. The third-order valence-electron chi connectivity index (χ3n) is 5.79. The van der Waals surface area contributed by atoms with Crippen molar-refractivity contribution in [3.8, 4) is 0 Å². The SMILES string of the molecule is Cc1nc2c(ccc3nc(NC(=O)c4ccc(S(=O)(=O)N5CCc6ccccc65)cc4)sc32)s1. The maximum atomic E-state index is 13.2. The van der Waals surface area contributed by atoms with E-state index in [1.54, 1.807) is 11.3 Å². The van der Waals surface area contributed by atoms with E-state index in [0.29, 0.717) is 29.3 Å². The number of anilines is 2. The molecule has 1 N–H and O–H groups in total. The number of carbonyl (C=O) groups is 1. The highest BCUT2D eigenvalue weighted by atomic mass is 32.2. The van der Waals surface area contributed by atoms with Crippen LogP contribution in [-0.4, -0.2) is 30.8 Å². The van der Waals surface area contributed by atoms with E-state index >= 15 is 0 Å². The van der Waals surface area contributed by atoms with Gasteiger partial charge in [0, 0.05) is 12.1 Å². The van der Waals surface area contributed by atoms with Crippen molar-refractivity contribution in [3.63, 3.8) is 0 Å². The molecule has 2 aromatic heterocycles. The van der Waals surface area contributed by atoms with Crippen LogP contribution in [0, 0.1) is 6.92 Å². The van der Waals surface area contributed by atoms with Gasteiger partial charge in [-0.25, -0.2) is 18.4 Å². The molecule has 34 heavy (non-hydrogen) atoms. The lowest BCUT2D eigenvalue weighted by Gasteiger charge is -2.19. The standard InChI is InChI=1S/C24H18N4O3S3/c1-14-25-21-20(32-14)11-10-18-22(21)33-24(26-18)27-23(29)16-6-8-17(9-7-16)34(30,31)28-13-12-15-4-2-3-5-19(15)28/h2-11H,12-13H2,1H3,(H,26,27,29). The Bertz CT molecular complexity index is 1690. The summed E-state index contributed by atoms with van der Waals surface area (Å²) >= 11 is 3.00. The molecule has 0 aliphatic carbocycles. The number of hydrogen-bond acceptors (Lipinski definition) is 7. The molecule has 1 amide bonds. The maximum Gasteiger partial charge on any atom is 0.264 e. The number of para-hydroxylation sites is 1. The van der Waals surface area contributed by atoms with Crippen LogP contribution in [0.4, 0.5) is 10.8 Å². The molecule has 170 valence electrons. The van der Waals surface area contributed by atoms with Crippen molar-refractivity contribution in [1.29, 1.82) is 0 Å². The van der Waals surface area contributed by atoms with Gasteiger partial charge >= 0.3 is 0 Å².